The molecule has 0 spiro atoms. The van der Waals surface area contributed by atoms with E-state index in [0.29, 0.717) is 17.3 Å². The molecule has 2 unspecified atom stereocenters. The van der Waals surface area contributed by atoms with Crippen LogP contribution in [0.25, 0.3) is 0 Å². The number of allylic oxidation sites excluding steroid dienone is 1. The highest BCUT2D eigenvalue weighted by atomic mass is 35.5. The van der Waals surface area contributed by atoms with Crippen molar-refractivity contribution in [3.8, 4) is 0 Å². The maximum Gasteiger partial charge on any atom is 0.140 e. The molecule has 0 bridgehead atoms. The number of nitrogens with one attached hydrogen (secondary N) is 1. The van der Waals surface area contributed by atoms with Gasteiger partial charge in [-0.25, -0.2) is 9.98 Å². The fraction of sp³-hybridized carbons (Fsp3) is 0.463. The molecule has 8 nitrogen and oxygen atoms in total. The van der Waals surface area contributed by atoms with Crippen LogP contribution in [0.5, 0.6) is 0 Å². The summed E-state index contributed by atoms with van der Waals surface area (Å²) in [6.45, 7) is 18.7. The van der Waals surface area contributed by atoms with Crippen LogP contribution in [0.15, 0.2) is 93.8 Å². The first-order valence-electron chi connectivity index (χ1n) is 17.8. The number of amidine groups is 1. The van der Waals surface area contributed by atoms with Crippen molar-refractivity contribution >= 4 is 29.9 Å². The zero-order valence-electron chi connectivity index (χ0n) is 31.5. The molecule has 9 heteroatoms. The lowest BCUT2D eigenvalue weighted by atomic mass is 9.64. The zero-order chi connectivity index (χ0) is 36.7. The number of imidazole rings is 1. The molecular formula is C41H58ClN7O. The summed E-state index contributed by atoms with van der Waals surface area (Å²) in [4.78, 5) is 19.5. The number of aromatic nitrogens is 2. The van der Waals surface area contributed by atoms with Crippen molar-refractivity contribution in [1.82, 2.24) is 19.8 Å². The van der Waals surface area contributed by atoms with E-state index in [9.17, 15) is 5.11 Å². The van der Waals surface area contributed by atoms with Gasteiger partial charge in [0.05, 0.1) is 23.9 Å². The SMILES string of the molecule is C=NC.CC.CN=C(C)N=C(c1cccc(Cl)c1)c1cc(C(O)(c2cncn2C)C2(C)C=CC(CNCCCN3CCCC3)=CC2)ccc1C. The fourth-order valence-electron chi connectivity index (χ4n) is 6.54. The topological polar surface area (TPSA) is 90.4 Å². The van der Waals surface area contributed by atoms with Gasteiger partial charge in [0.2, 0.25) is 0 Å². The fourth-order valence-corrected chi connectivity index (χ4v) is 6.73. The minimum Gasteiger partial charge on any atom is -0.378 e. The van der Waals surface area contributed by atoms with Crippen molar-refractivity contribution in [1.29, 1.82) is 0 Å². The molecule has 1 fully saturated rings. The van der Waals surface area contributed by atoms with Crippen LogP contribution in [-0.2, 0) is 12.6 Å². The lowest BCUT2D eigenvalue weighted by Gasteiger charge is -2.45. The maximum absolute atomic E-state index is 13.0. The average molecular weight is 700 g/mol. The van der Waals surface area contributed by atoms with E-state index in [2.05, 4.69) is 76.1 Å². The number of rotatable bonds is 11. The number of hydrogen-bond acceptors (Lipinski definition) is 6. The van der Waals surface area contributed by atoms with Gasteiger partial charge < -0.3 is 24.9 Å². The van der Waals surface area contributed by atoms with Crippen molar-refractivity contribution in [2.75, 3.05) is 46.8 Å². The van der Waals surface area contributed by atoms with Crippen LogP contribution in [0.2, 0.25) is 5.02 Å². The summed E-state index contributed by atoms with van der Waals surface area (Å²) >= 11 is 6.43. The quantitative estimate of drug-likeness (QED) is 0.121. The van der Waals surface area contributed by atoms with E-state index < -0.39 is 11.0 Å². The van der Waals surface area contributed by atoms with Crippen molar-refractivity contribution in [2.24, 2.45) is 27.4 Å². The van der Waals surface area contributed by atoms with E-state index in [0.717, 1.165) is 53.2 Å². The van der Waals surface area contributed by atoms with Gasteiger partial charge in [-0.2, -0.15) is 0 Å². The molecule has 50 heavy (non-hydrogen) atoms. The normalized spacial score (nSPS) is 19.1. The number of aryl methyl sites for hydroxylation is 2. The van der Waals surface area contributed by atoms with Crippen LogP contribution in [0.4, 0.5) is 0 Å². The van der Waals surface area contributed by atoms with Gasteiger partial charge in [-0.1, -0.05) is 74.9 Å². The molecule has 1 saturated heterocycles. The molecule has 1 aliphatic carbocycles. The molecule has 5 rings (SSSR count). The Morgan fingerprint density at radius 3 is 2.46 bits per heavy atom. The third kappa shape index (κ3) is 9.97. The van der Waals surface area contributed by atoms with E-state index in [1.165, 1.54) is 38.0 Å². The van der Waals surface area contributed by atoms with Crippen molar-refractivity contribution in [3.05, 3.63) is 112 Å². The maximum atomic E-state index is 13.0. The lowest BCUT2D eigenvalue weighted by molar-refractivity contribution is -0.0245. The van der Waals surface area contributed by atoms with E-state index in [-0.39, 0.29) is 0 Å². The monoisotopic (exact) mass is 699 g/mol. The molecule has 270 valence electrons. The standard InChI is InChI=1S/C37H47ClN6O.C2H5N.C2H6/c1-27-12-13-31(23-33(27)35(42-28(2)39-4)30-10-8-11-32(38)22-30)37(45,34-25-41-26-43(34)5)36(3)16-14-29(15-17-36)24-40-18-9-21-44-19-6-7-20-44;1-3-2;1-2/h8,10-16,22-23,25-26,40,45H,6-7,9,17-21,24H2,1-5H3;1H2,2H3;1-2H3. The molecule has 1 aromatic heterocycles. The Kier molecular flexibility index (Phi) is 16.0. The van der Waals surface area contributed by atoms with E-state index in [4.69, 9.17) is 16.6 Å². The van der Waals surface area contributed by atoms with Crippen LogP contribution < -0.4 is 5.32 Å². The van der Waals surface area contributed by atoms with E-state index in [1.54, 1.807) is 26.6 Å². The summed E-state index contributed by atoms with van der Waals surface area (Å²) in [6.07, 6.45) is 14.7. The minimum absolute atomic E-state index is 0.634. The lowest BCUT2D eigenvalue weighted by Crippen LogP contribution is -2.45. The summed E-state index contributed by atoms with van der Waals surface area (Å²) < 4.78 is 1.92. The van der Waals surface area contributed by atoms with Gasteiger partial charge in [0.25, 0.3) is 0 Å². The molecule has 3 aromatic rings. The Labute approximate surface area is 305 Å². The Morgan fingerprint density at radius 2 is 1.86 bits per heavy atom. The number of nitrogens with zero attached hydrogens (tertiary/aromatic N) is 6. The first-order chi connectivity index (χ1) is 24.1. The molecule has 2 atom stereocenters. The highest BCUT2D eigenvalue weighted by molar-refractivity contribution is 6.31. The summed E-state index contributed by atoms with van der Waals surface area (Å²) in [7, 11) is 5.31. The summed E-state index contributed by atoms with van der Waals surface area (Å²) in [5, 5.41) is 17.3. The third-order valence-corrected chi connectivity index (χ3v) is 9.66. The smallest absolute Gasteiger partial charge is 0.140 e. The average Bonchev–Trinajstić information content (AvgIpc) is 3.81. The molecule has 0 amide bonds. The van der Waals surface area contributed by atoms with Crippen LogP contribution >= 0.6 is 11.6 Å². The van der Waals surface area contributed by atoms with Gasteiger partial charge in [-0.15, -0.1) is 0 Å². The first kappa shape index (κ1) is 40.7. The van der Waals surface area contributed by atoms with Crippen LogP contribution in [0.1, 0.15) is 81.3 Å². The summed E-state index contributed by atoms with van der Waals surface area (Å²) in [5.41, 5.74) is 4.33. The van der Waals surface area contributed by atoms with Crippen molar-refractivity contribution in [2.45, 2.75) is 65.9 Å². The van der Waals surface area contributed by atoms with Gasteiger partial charge >= 0.3 is 0 Å². The number of aliphatic hydroxyl groups is 1. The second-order valence-electron chi connectivity index (χ2n) is 13.0. The van der Waals surface area contributed by atoms with E-state index in [1.807, 2.05) is 62.7 Å². The number of likely N-dealkylation sites (tertiary alicyclic amines) is 1. The molecule has 0 radical (unpaired) electrons. The Hall–Kier alpha value is -3.69. The van der Waals surface area contributed by atoms with Gasteiger partial charge in [-0.3, -0.25) is 4.99 Å². The molecular weight excluding hydrogens is 642 g/mol. The molecule has 2 aliphatic rings. The van der Waals surface area contributed by atoms with Crippen LogP contribution in [0, 0.1) is 12.3 Å². The second-order valence-corrected chi connectivity index (χ2v) is 13.4. The molecule has 0 saturated carbocycles. The van der Waals surface area contributed by atoms with Gasteiger partial charge in [-0.05, 0) is 107 Å². The van der Waals surface area contributed by atoms with Gasteiger partial charge in [0, 0.05) is 49.3 Å². The minimum atomic E-state index is -1.38. The number of halogens is 1. The Morgan fingerprint density at radius 1 is 1.14 bits per heavy atom. The van der Waals surface area contributed by atoms with Gasteiger partial charge in [0.1, 0.15) is 11.4 Å². The Bertz CT molecular complexity index is 1670. The molecule has 1 aliphatic heterocycles. The predicted molar refractivity (Wildman–Crippen MR) is 213 cm³/mol. The van der Waals surface area contributed by atoms with Crippen molar-refractivity contribution in [3.63, 3.8) is 0 Å². The van der Waals surface area contributed by atoms with E-state index >= 15 is 0 Å². The highest BCUT2D eigenvalue weighted by Gasteiger charge is 2.50. The second kappa shape index (κ2) is 19.6. The molecule has 2 N–H and O–H groups in total. The summed E-state index contributed by atoms with van der Waals surface area (Å²) in [6, 6.07) is 13.9. The predicted octanol–water partition coefficient (Wildman–Crippen LogP) is 7.81. The molecule has 2 aromatic carbocycles. The number of aliphatic imine (C=N–C) groups is 3. The Balaban J connectivity index is 0.00000128. The van der Waals surface area contributed by atoms with Crippen LogP contribution in [0.3, 0.4) is 0 Å². The summed E-state index contributed by atoms with van der Waals surface area (Å²) in [5.74, 6) is 0.654. The zero-order valence-corrected chi connectivity index (χ0v) is 32.3. The van der Waals surface area contributed by atoms with Crippen molar-refractivity contribution < 1.29 is 5.11 Å². The van der Waals surface area contributed by atoms with Gasteiger partial charge in [0.15, 0.2) is 0 Å². The first-order valence-corrected chi connectivity index (χ1v) is 18.2. The molecule has 2 heterocycles. The number of hydrogen-bond donors (Lipinski definition) is 2. The third-order valence-electron chi connectivity index (χ3n) is 9.43. The number of benzene rings is 2. The highest BCUT2D eigenvalue weighted by Crippen LogP contribution is 2.50. The largest absolute Gasteiger partial charge is 0.378 e. The van der Waals surface area contributed by atoms with Crippen LogP contribution in [-0.4, -0.2) is 84.6 Å².